The number of amides is 2. The fourth-order valence-corrected chi connectivity index (χ4v) is 4.49. The Hall–Kier alpha value is -2.11. The molecule has 2 aliphatic rings. The fraction of sp³-hybridized carbons (Fsp3) is 0.600. The number of hydrogen-bond donors (Lipinski definition) is 1. The molecule has 1 saturated heterocycles. The highest BCUT2D eigenvalue weighted by atomic mass is 19.1. The van der Waals surface area contributed by atoms with E-state index in [9.17, 15) is 9.18 Å². The zero-order chi connectivity index (χ0) is 18.1. The number of fused-ring (bicyclic) bond motifs is 1. The third-order valence-corrected chi connectivity index (χ3v) is 5.88. The first-order valence-electron chi connectivity index (χ1n) is 9.81. The molecule has 2 fully saturated rings. The minimum atomic E-state index is -0.253. The minimum Gasteiger partial charge on any atom is -0.335 e. The maximum Gasteiger partial charge on any atom is 0.317 e. The lowest BCUT2D eigenvalue weighted by Gasteiger charge is -2.35. The van der Waals surface area contributed by atoms with Gasteiger partial charge in [0, 0.05) is 31.2 Å². The van der Waals surface area contributed by atoms with Gasteiger partial charge in [-0.3, -0.25) is 0 Å². The molecule has 0 unspecified atom stereocenters. The molecule has 0 spiro atoms. The molecule has 0 radical (unpaired) electrons. The summed E-state index contributed by atoms with van der Waals surface area (Å²) in [6.07, 6.45) is 7.77. The van der Waals surface area contributed by atoms with Crippen molar-refractivity contribution < 1.29 is 9.18 Å². The summed E-state index contributed by atoms with van der Waals surface area (Å²) in [5.41, 5.74) is 1.69. The van der Waals surface area contributed by atoms with Crippen molar-refractivity contribution in [2.45, 2.75) is 64.0 Å². The molecule has 4 rings (SSSR count). The number of rotatable bonds is 2. The quantitative estimate of drug-likeness (QED) is 0.876. The smallest absolute Gasteiger partial charge is 0.317 e. The van der Waals surface area contributed by atoms with Gasteiger partial charge in [-0.15, -0.1) is 0 Å². The van der Waals surface area contributed by atoms with E-state index in [4.69, 9.17) is 0 Å². The second-order valence-electron chi connectivity index (χ2n) is 7.66. The molecule has 6 heteroatoms. The summed E-state index contributed by atoms with van der Waals surface area (Å²) >= 11 is 0. The lowest BCUT2D eigenvalue weighted by atomic mass is 9.95. The van der Waals surface area contributed by atoms with E-state index >= 15 is 0 Å². The van der Waals surface area contributed by atoms with Gasteiger partial charge in [-0.2, -0.15) is 0 Å². The molecule has 2 aromatic rings. The Morgan fingerprint density at radius 2 is 1.88 bits per heavy atom. The normalized spacial score (nSPS) is 19.8. The van der Waals surface area contributed by atoms with Gasteiger partial charge in [-0.25, -0.2) is 14.2 Å². The van der Waals surface area contributed by atoms with Gasteiger partial charge in [0.2, 0.25) is 0 Å². The number of halogens is 1. The van der Waals surface area contributed by atoms with E-state index in [1.807, 2.05) is 17.9 Å². The van der Waals surface area contributed by atoms with Crippen LogP contribution in [0.4, 0.5) is 9.18 Å². The highest BCUT2D eigenvalue weighted by Gasteiger charge is 2.27. The van der Waals surface area contributed by atoms with E-state index in [0.29, 0.717) is 17.6 Å². The Morgan fingerprint density at radius 3 is 2.62 bits per heavy atom. The topological polar surface area (TPSA) is 50.2 Å². The Labute approximate surface area is 153 Å². The molecule has 1 N–H and O–H groups in total. The number of urea groups is 1. The van der Waals surface area contributed by atoms with E-state index < -0.39 is 0 Å². The summed E-state index contributed by atoms with van der Waals surface area (Å²) in [5.74, 6) is 0.659. The highest BCUT2D eigenvalue weighted by Crippen LogP contribution is 2.29. The first-order valence-corrected chi connectivity index (χ1v) is 9.81. The number of likely N-dealkylation sites (tertiary alicyclic amines) is 1. The number of carbonyl (C=O) groups is 1. The Balaban J connectivity index is 1.40. The maximum absolute atomic E-state index is 13.5. The number of imidazole rings is 1. The first kappa shape index (κ1) is 17.3. The van der Waals surface area contributed by atoms with E-state index in [0.717, 1.165) is 50.1 Å². The van der Waals surface area contributed by atoms with Crippen LogP contribution in [0.25, 0.3) is 11.0 Å². The van der Waals surface area contributed by atoms with Crippen molar-refractivity contribution >= 4 is 17.1 Å². The van der Waals surface area contributed by atoms with Crippen molar-refractivity contribution in [3.8, 4) is 0 Å². The van der Waals surface area contributed by atoms with Crippen molar-refractivity contribution in [2.24, 2.45) is 0 Å². The lowest BCUT2D eigenvalue weighted by molar-refractivity contribution is 0.166. The Morgan fingerprint density at radius 1 is 1.15 bits per heavy atom. The molecule has 1 aliphatic carbocycles. The van der Waals surface area contributed by atoms with Gasteiger partial charge in [0.15, 0.2) is 0 Å². The largest absolute Gasteiger partial charge is 0.335 e. The average Bonchev–Trinajstić information content (AvgIpc) is 2.97. The molecule has 0 bridgehead atoms. The predicted molar refractivity (Wildman–Crippen MR) is 99.7 cm³/mol. The monoisotopic (exact) mass is 358 g/mol. The summed E-state index contributed by atoms with van der Waals surface area (Å²) in [7, 11) is 0. The van der Waals surface area contributed by atoms with Gasteiger partial charge >= 0.3 is 6.03 Å². The van der Waals surface area contributed by atoms with Crippen LogP contribution in [0.15, 0.2) is 18.2 Å². The standard InChI is InChI=1S/C20H27FN4O/c1-14-22-18-13-15(21)7-8-19(18)25(14)17-9-11-24(12-10-17)20(26)23-16-5-3-2-4-6-16/h7-8,13,16-17H,2-6,9-12H2,1H3,(H,23,26). The summed E-state index contributed by atoms with van der Waals surface area (Å²) in [6, 6.07) is 5.54. The summed E-state index contributed by atoms with van der Waals surface area (Å²) in [5, 5.41) is 3.21. The number of nitrogens with zero attached hydrogens (tertiary/aromatic N) is 3. The Bertz CT molecular complexity index is 788. The first-order chi connectivity index (χ1) is 12.6. The van der Waals surface area contributed by atoms with Crippen LogP contribution in [0.2, 0.25) is 0 Å². The van der Waals surface area contributed by atoms with Crippen LogP contribution in [0.3, 0.4) is 0 Å². The van der Waals surface area contributed by atoms with Gasteiger partial charge in [0.1, 0.15) is 11.6 Å². The molecule has 2 heterocycles. The number of carbonyl (C=O) groups excluding carboxylic acids is 1. The van der Waals surface area contributed by atoms with Crippen LogP contribution in [0, 0.1) is 12.7 Å². The molecule has 1 aromatic heterocycles. The van der Waals surface area contributed by atoms with Gasteiger partial charge in [0.25, 0.3) is 0 Å². The van der Waals surface area contributed by atoms with Gasteiger partial charge in [0.05, 0.1) is 11.0 Å². The number of nitrogens with one attached hydrogen (secondary N) is 1. The number of hydrogen-bond acceptors (Lipinski definition) is 2. The summed E-state index contributed by atoms with van der Waals surface area (Å²) < 4.78 is 15.7. The third kappa shape index (κ3) is 3.41. The molecule has 2 amide bonds. The third-order valence-electron chi connectivity index (χ3n) is 5.88. The van der Waals surface area contributed by atoms with Crippen LogP contribution in [0.1, 0.15) is 56.8 Å². The molecule has 5 nitrogen and oxygen atoms in total. The van der Waals surface area contributed by atoms with Crippen LogP contribution in [0.5, 0.6) is 0 Å². The Kier molecular flexibility index (Phi) is 4.83. The van der Waals surface area contributed by atoms with Crippen molar-refractivity contribution in [1.29, 1.82) is 0 Å². The molecule has 1 saturated carbocycles. The van der Waals surface area contributed by atoms with E-state index in [-0.39, 0.29) is 11.8 Å². The van der Waals surface area contributed by atoms with Crippen LogP contribution >= 0.6 is 0 Å². The molecule has 1 aliphatic heterocycles. The predicted octanol–water partition coefficient (Wildman–Crippen LogP) is 4.16. The minimum absolute atomic E-state index is 0.0876. The lowest BCUT2D eigenvalue weighted by Crippen LogP contribution is -2.48. The second-order valence-corrected chi connectivity index (χ2v) is 7.66. The molecule has 140 valence electrons. The van der Waals surface area contributed by atoms with Gasteiger partial charge in [-0.1, -0.05) is 19.3 Å². The van der Waals surface area contributed by atoms with Crippen molar-refractivity contribution in [3.05, 3.63) is 29.8 Å². The molecule has 1 aromatic carbocycles. The number of piperidine rings is 1. The zero-order valence-electron chi connectivity index (χ0n) is 15.4. The molecule has 0 atom stereocenters. The van der Waals surface area contributed by atoms with Crippen LogP contribution in [-0.4, -0.2) is 39.6 Å². The number of aryl methyl sites for hydroxylation is 1. The van der Waals surface area contributed by atoms with Crippen LogP contribution in [-0.2, 0) is 0 Å². The van der Waals surface area contributed by atoms with E-state index in [1.54, 1.807) is 0 Å². The average molecular weight is 358 g/mol. The van der Waals surface area contributed by atoms with E-state index in [2.05, 4.69) is 14.9 Å². The molecular weight excluding hydrogens is 331 g/mol. The van der Waals surface area contributed by atoms with Gasteiger partial charge in [-0.05, 0) is 44.7 Å². The second kappa shape index (κ2) is 7.25. The summed E-state index contributed by atoms with van der Waals surface area (Å²) in [4.78, 5) is 19.0. The fourth-order valence-electron chi connectivity index (χ4n) is 4.49. The maximum atomic E-state index is 13.5. The molecule has 26 heavy (non-hydrogen) atoms. The van der Waals surface area contributed by atoms with Crippen molar-refractivity contribution in [2.75, 3.05) is 13.1 Å². The van der Waals surface area contributed by atoms with Crippen molar-refractivity contribution in [1.82, 2.24) is 19.8 Å². The van der Waals surface area contributed by atoms with Crippen LogP contribution < -0.4 is 5.32 Å². The molecular formula is C20H27FN4O. The van der Waals surface area contributed by atoms with Gasteiger partial charge < -0.3 is 14.8 Å². The van der Waals surface area contributed by atoms with E-state index in [1.165, 1.54) is 31.4 Å². The number of benzene rings is 1. The summed E-state index contributed by atoms with van der Waals surface area (Å²) in [6.45, 7) is 3.48. The SMILES string of the molecule is Cc1nc2cc(F)ccc2n1C1CCN(C(=O)NC2CCCCC2)CC1. The highest BCUT2D eigenvalue weighted by molar-refractivity contribution is 5.76. The van der Waals surface area contributed by atoms with Crippen molar-refractivity contribution in [3.63, 3.8) is 0 Å². The number of aromatic nitrogens is 2. The zero-order valence-corrected chi connectivity index (χ0v) is 15.4.